The quantitative estimate of drug-likeness (QED) is 0.839. The van der Waals surface area contributed by atoms with Gasteiger partial charge in [0.15, 0.2) is 0 Å². The molecule has 0 aliphatic rings. The predicted octanol–water partition coefficient (Wildman–Crippen LogP) is 1.33. The van der Waals surface area contributed by atoms with Gasteiger partial charge in [-0.15, -0.1) is 0 Å². The minimum absolute atomic E-state index is 0.273. The standard InChI is InChI=1S/C11H15N5/c1-3-13-9(2)11-5-4-10(6-14-11)16-8-12-7-15-16/h4-9,13H,3H2,1-2H3. The average molecular weight is 217 g/mol. The topological polar surface area (TPSA) is 55.6 Å². The summed E-state index contributed by atoms with van der Waals surface area (Å²) in [6.07, 6.45) is 4.97. The molecule has 2 aromatic rings. The van der Waals surface area contributed by atoms with E-state index < -0.39 is 0 Å². The van der Waals surface area contributed by atoms with E-state index in [0.29, 0.717) is 0 Å². The van der Waals surface area contributed by atoms with E-state index in [1.807, 2.05) is 12.1 Å². The molecule has 1 unspecified atom stereocenters. The third kappa shape index (κ3) is 2.25. The second kappa shape index (κ2) is 4.85. The molecule has 2 heterocycles. The number of nitrogens with one attached hydrogen (secondary N) is 1. The van der Waals surface area contributed by atoms with Gasteiger partial charge in [0.1, 0.15) is 12.7 Å². The van der Waals surface area contributed by atoms with Gasteiger partial charge < -0.3 is 5.32 Å². The van der Waals surface area contributed by atoms with Crippen LogP contribution in [0.25, 0.3) is 5.69 Å². The van der Waals surface area contributed by atoms with Crippen LogP contribution in [-0.2, 0) is 0 Å². The van der Waals surface area contributed by atoms with Crippen molar-refractivity contribution in [3.05, 3.63) is 36.7 Å². The molecule has 0 radical (unpaired) electrons. The Balaban J connectivity index is 2.16. The van der Waals surface area contributed by atoms with E-state index >= 15 is 0 Å². The van der Waals surface area contributed by atoms with Gasteiger partial charge in [-0.05, 0) is 25.6 Å². The lowest BCUT2D eigenvalue weighted by Crippen LogP contribution is -2.18. The van der Waals surface area contributed by atoms with Gasteiger partial charge in [-0.25, -0.2) is 9.67 Å². The number of hydrogen-bond donors (Lipinski definition) is 1. The number of pyridine rings is 1. The van der Waals surface area contributed by atoms with Crippen LogP contribution in [0, 0.1) is 0 Å². The molecule has 0 fully saturated rings. The maximum absolute atomic E-state index is 4.40. The van der Waals surface area contributed by atoms with Crippen molar-refractivity contribution in [2.45, 2.75) is 19.9 Å². The van der Waals surface area contributed by atoms with Gasteiger partial charge >= 0.3 is 0 Å². The molecule has 0 aliphatic heterocycles. The highest BCUT2D eigenvalue weighted by molar-refractivity contribution is 5.28. The second-order valence-corrected chi connectivity index (χ2v) is 3.56. The van der Waals surface area contributed by atoms with Crippen molar-refractivity contribution < 1.29 is 0 Å². The molecular formula is C11H15N5. The fraction of sp³-hybridized carbons (Fsp3) is 0.364. The monoisotopic (exact) mass is 217 g/mol. The van der Waals surface area contributed by atoms with Crippen molar-refractivity contribution >= 4 is 0 Å². The molecule has 1 N–H and O–H groups in total. The van der Waals surface area contributed by atoms with Gasteiger partial charge in [0.05, 0.1) is 17.6 Å². The highest BCUT2D eigenvalue weighted by atomic mass is 15.3. The average Bonchev–Trinajstić information content (AvgIpc) is 2.83. The highest BCUT2D eigenvalue weighted by Crippen LogP contribution is 2.11. The molecule has 84 valence electrons. The third-order valence-corrected chi connectivity index (χ3v) is 2.41. The fourth-order valence-corrected chi connectivity index (χ4v) is 1.54. The van der Waals surface area contributed by atoms with Gasteiger partial charge in [-0.2, -0.15) is 5.10 Å². The minimum atomic E-state index is 0.273. The summed E-state index contributed by atoms with van der Waals surface area (Å²) >= 11 is 0. The summed E-state index contributed by atoms with van der Waals surface area (Å²) < 4.78 is 1.69. The summed E-state index contributed by atoms with van der Waals surface area (Å²) in [7, 11) is 0. The zero-order chi connectivity index (χ0) is 11.4. The van der Waals surface area contributed by atoms with Gasteiger partial charge in [-0.1, -0.05) is 6.92 Å². The van der Waals surface area contributed by atoms with Crippen LogP contribution in [0.3, 0.4) is 0 Å². The largest absolute Gasteiger partial charge is 0.309 e. The summed E-state index contributed by atoms with van der Waals surface area (Å²) in [5.74, 6) is 0. The lowest BCUT2D eigenvalue weighted by Gasteiger charge is -2.11. The first kappa shape index (κ1) is 10.8. The smallest absolute Gasteiger partial charge is 0.138 e. The van der Waals surface area contributed by atoms with Crippen LogP contribution in [0.15, 0.2) is 31.0 Å². The Bertz CT molecular complexity index is 420. The molecule has 5 nitrogen and oxygen atoms in total. The normalized spacial score (nSPS) is 12.6. The van der Waals surface area contributed by atoms with E-state index in [-0.39, 0.29) is 6.04 Å². The summed E-state index contributed by atoms with van der Waals surface area (Å²) in [5.41, 5.74) is 1.95. The second-order valence-electron chi connectivity index (χ2n) is 3.56. The zero-order valence-corrected chi connectivity index (χ0v) is 9.46. The van der Waals surface area contributed by atoms with E-state index in [1.54, 1.807) is 17.2 Å². The fourth-order valence-electron chi connectivity index (χ4n) is 1.54. The first-order valence-electron chi connectivity index (χ1n) is 5.35. The summed E-state index contributed by atoms with van der Waals surface area (Å²) in [5, 5.41) is 7.37. The van der Waals surface area contributed by atoms with Crippen molar-refractivity contribution in [2.75, 3.05) is 6.54 Å². The number of rotatable bonds is 4. The summed E-state index contributed by atoms with van der Waals surface area (Å²) in [4.78, 5) is 8.30. The van der Waals surface area contributed by atoms with Gasteiger partial charge in [0, 0.05) is 6.04 Å². The molecule has 2 rings (SSSR count). The van der Waals surface area contributed by atoms with Gasteiger partial charge in [0.2, 0.25) is 0 Å². The van der Waals surface area contributed by atoms with Crippen LogP contribution in [-0.4, -0.2) is 26.3 Å². The van der Waals surface area contributed by atoms with Crippen LogP contribution in [0.5, 0.6) is 0 Å². The van der Waals surface area contributed by atoms with Crippen LogP contribution in [0.4, 0.5) is 0 Å². The van der Waals surface area contributed by atoms with E-state index in [4.69, 9.17) is 0 Å². The summed E-state index contributed by atoms with van der Waals surface area (Å²) in [6.45, 7) is 5.12. The third-order valence-electron chi connectivity index (χ3n) is 2.41. The van der Waals surface area contributed by atoms with Crippen molar-refractivity contribution in [3.63, 3.8) is 0 Å². The SMILES string of the molecule is CCNC(C)c1ccc(-n2cncn2)cn1. The summed E-state index contributed by atoms with van der Waals surface area (Å²) in [6, 6.07) is 4.27. The molecule has 0 saturated carbocycles. The predicted molar refractivity (Wildman–Crippen MR) is 61.2 cm³/mol. The lowest BCUT2D eigenvalue weighted by molar-refractivity contribution is 0.583. The Hall–Kier alpha value is -1.75. The Morgan fingerprint density at radius 3 is 2.88 bits per heavy atom. The van der Waals surface area contributed by atoms with Crippen LogP contribution < -0.4 is 5.32 Å². The molecule has 5 heteroatoms. The van der Waals surface area contributed by atoms with Gasteiger partial charge in [0.25, 0.3) is 0 Å². The van der Waals surface area contributed by atoms with E-state index in [1.165, 1.54) is 6.33 Å². The maximum Gasteiger partial charge on any atom is 0.138 e. The minimum Gasteiger partial charge on any atom is -0.309 e. The zero-order valence-electron chi connectivity index (χ0n) is 9.46. The Kier molecular flexibility index (Phi) is 3.26. The van der Waals surface area contributed by atoms with Crippen LogP contribution in [0.2, 0.25) is 0 Å². The molecule has 0 aliphatic carbocycles. The van der Waals surface area contributed by atoms with E-state index in [2.05, 4.69) is 34.2 Å². The van der Waals surface area contributed by atoms with E-state index in [0.717, 1.165) is 17.9 Å². The Labute approximate surface area is 94.5 Å². The molecule has 0 spiro atoms. The molecule has 0 amide bonds. The molecule has 1 atom stereocenters. The maximum atomic E-state index is 4.40. The molecule has 16 heavy (non-hydrogen) atoms. The van der Waals surface area contributed by atoms with E-state index in [9.17, 15) is 0 Å². The highest BCUT2D eigenvalue weighted by Gasteiger charge is 2.05. The number of aromatic nitrogens is 4. The number of nitrogens with zero attached hydrogens (tertiary/aromatic N) is 4. The molecular weight excluding hydrogens is 202 g/mol. The Morgan fingerprint density at radius 1 is 1.44 bits per heavy atom. The Morgan fingerprint density at radius 2 is 2.31 bits per heavy atom. The molecule has 0 aromatic carbocycles. The first-order valence-corrected chi connectivity index (χ1v) is 5.35. The first-order chi connectivity index (χ1) is 7.81. The van der Waals surface area contributed by atoms with Crippen molar-refractivity contribution in [1.82, 2.24) is 25.1 Å². The van der Waals surface area contributed by atoms with Gasteiger partial charge in [-0.3, -0.25) is 4.98 Å². The molecule has 0 bridgehead atoms. The van der Waals surface area contributed by atoms with Crippen molar-refractivity contribution in [3.8, 4) is 5.69 Å². The lowest BCUT2D eigenvalue weighted by atomic mass is 10.2. The van der Waals surface area contributed by atoms with Crippen LogP contribution in [0.1, 0.15) is 25.6 Å². The molecule has 2 aromatic heterocycles. The number of hydrogen-bond acceptors (Lipinski definition) is 4. The molecule has 0 saturated heterocycles. The van der Waals surface area contributed by atoms with Crippen molar-refractivity contribution in [1.29, 1.82) is 0 Å². The van der Waals surface area contributed by atoms with Crippen LogP contribution >= 0.6 is 0 Å². The van der Waals surface area contributed by atoms with Crippen molar-refractivity contribution in [2.24, 2.45) is 0 Å².